The normalized spacial score (nSPS) is 12.5. The molecule has 5 heteroatoms. The first-order valence-corrected chi connectivity index (χ1v) is 5.76. The Morgan fingerprint density at radius 1 is 1.25 bits per heavy atom. The van der Waals surface area contributed by atoms with Gasteiger partial charge >= 0.3 is 5.97 Å². The lowest BCUT2D eigenvalue weighted by Crippen LogP contribution is -2.46. The minimum absolute atomic E-state index is 0.0304. The predicted octanol–water partition coefficient (Wildman–Crippen LogP) is 0.744. The highest BCUT2D eigenvalue weighted by Gasteiger charge is 2.15. The summed E-state index contributed by atoms with van der Waals surface area (Å²) in [5.74, 6) is -0.931. The van der Waals surface area contributed by atoms with Crippen molar-refractivity contribution in [3.8, 4) is 0 Å². The standard InChI is InChI=1S/C11H22N2O3/c1-4-9(5-2)13-11(16)8(3)12-7-6-10(14)15/h8-9,12H,4-7H2,1-3H3,(H,13,16)(H,14,15). The second-order valence-electron chi connectivity index (χ2n) is 3.84. The number of carbonyl (C=O) groups is 2. The molecule has 0 fully saturated rings. The van der Waals surface area contributed by atoms with Crippen LogP contribution in [0, 0.1) is 0 Å². The van der Waals surface area contributed by atoms with E-state index in [0.29, 0.717) is 6.54 Å². The van der Waals surface area contributed by atoms with Gasteiger partial charge in [-0.1, -0.05) is 13.8 Å². The van der Waals surface area contributed by atoms with Crippen LogP contribution in [0.5, 0.6) is 0 Å². The molecule has 0 radical (unpaired) electrons. The van der Waals surface area contributed by atoms with Crippen LogP contribution in [0.2, 0.25) is 0 Å². The molecule has 3 N–H and O–H groups in total. The first kappa shape index (κ1) is 14.9. The van der Waals surface area contributed by atoms with Crippen LogP contribution in [0.1, 0.15) is 40.0 Å². The lowest BCUT2D eigenvalue weighted by molar-refractivity contribution is -0.137. The molecule has 1 amide bonds. The van der Waals surface area contributed by atoms with E-state index in [1.54, 1.807) is 6.92 Å². The Kier molecular flexibility index (Phi) is 7.54. The number of hydrogen-bond acceptors (Lipinski definition) is 3. The molecule has 0 bridgehead atoms. The molecule has 0 aliphatic heterocycles. The summed E-state index contributed by atoms with van der Waals surface area (Å²) in [6, 6.07) is -0.142. The van der Waals surface area contributed by atoms with Gasteiger partial charge in [0.1, 0.15) is 0 Å². The number of amides is 1. The molecule has 94 valence electrons. The number of carboxylic acid groups (broad SMARTS) is 1. The molecule has 0 saturated heterocycles. The number of carboxylic acids is 1. The third-order valence-corrected chi connectivity index (χ3v) is 2.51. The molecular weight excluding hydrogens is 208 g/mol. The van der Waals surface area contributed by atoms with Gasteiger partial charge in [-0.15, -0.1) is 0 Å². The van der Waals surface area contributed by atoms with Crippen LogP contribution >= 0.6 is 0 Å². The van der Waals surface area contributed by atoms with Crippen molar-refractivity contribution in [2.75, 3.05) is 6.54 Å². The third-order valence-electron chi connectivity index (χ3n) is 2.51. The van der Waals surface area contributed by atoms with Crippen molar-refractivity contribution in [2.24, 2.45) is 0 Å². The fourth-order valence-corrected chi connectivity index (χ4v) is 1.31. The summed E-state index contributed by atoms with van der Waals surface area (Å²) in [5.41, 5.74) is 0. The third kappa shape index (κ3) is 6.40. The van der Waals surface area contributed by atoms with E-state index in [9.17, 15) is 9.59 Å². The van der Waals surface area contributed by atoms with Crippen molar-refractivity contribution >= 4 is 11.9 Å². The highest BCUT2D eigenvalue weighted by Crippen LogP contribution is 1.96. The average Bonchev–Trinajstić information content (AvgIpc) is 2.24. The highest BCUT2D eigenvalue weighted by atomic mass is 16.4. The van der Waals surface area contributed by atoms with E-state index in [0.717, 1.165) is 12.8 Å². The van der Waals surface area contributed by atoms with Crippen LogP contribution in [0.15, 0.2) is 0 Å². The maximum absolute atomic E-state index is 11.6. The second kappa shape index (κ2) is 8.10. The maximum atomic E-state index is 11.6. The van der Waals surface area contributed by atoms with Crippen molar-refractivity contribution in [1.29, 1.82) is 0 Å². The summed E-state index contributed by atoms with van der Waals surface area (Å²) in [5, 5.41) is 14.2. The topological polar surface area (TPSA) is 78.4 Å². The van der Waals surface area contributed by atoms with Gasteiger partial charge in [0.2, 0.25) is 5.91 Å². The van der Waals surface area contributed by atoms with E-state index in [1.165, 1.54) is 0 Å². The molecule has 0 aliphatic carbocycles. The fraction of sp³-hybridized carbons (Fsp3) is 0.818. The Morgan fingerprint density at radius 3 is 2.25 bits per heavy atom. The lowest BCUT2D eigenvalue weighted by Gasteiger charge is -2.19. The minimum Gasteiger partial charge on any atom is -0.481 e. The Hall–Kier alpha value is -1.10. The number of nitrogens with one attached hydrogen (secondary N) is 2. The summed E-state index contributed by atoms with van der Waals surface area (Å²) in [6.45, 7) is 6.10. The first-order valence-electron chi connectivity index (χ1n) is 5.76. The van der Waals surface area contributed by atoms with Gasteiger partial charge in [0.05, 0.1) is 12.5 Å². The van der Waals surface area contributed by atoms with Gasteiger partial charge in [-0.05, 0) is 19.8 Å². The molecule has 0 aliphatic rings. The van der Waals surface area contributed by atoms with Crippen molar-refractivity contribution in [3.05, 3.63) is 0 Å². The van der Waals surface area contributed by atoms with Crippen LogP contribution in [0.3, 0.4) is 0 Å². The van der Waals surface area contributed by atoms with E-state index in [-0.39, 0.29) is 24.4 Å². The van der Waals surface area contributed by atoms with E-state index >= 15 is 0 Å². The number of rotatable bonds is 8. The maximum Gasteiger partial charge on any atom is 0.304 e. The first-order chi connectivity index (χ1) is 7.51. The Morgan fingerprint density at radius 2 is 1.81 bits per heavy atom. The van der Waals surface area contributed by atoms with Gasteiger partial charge in [-0.2, -0.15) is 0 Å². The fourth-order valence-electron chi connectivity index (χ4n) is 1.31. The van der Waals surface area contributed by atoms with Gasteiger partial charge in [-0.25, -0.2) is 0 Å². The zero-order valence-electron chi connectivity index (χ0n) is 10.2. The van der Waals surface area contributed by atoms with Gasteiger partial charge in [0, 0.05) is 12.6 Å². The second-order valence-corrected chi connectivity index (χ2v) is 3.84. The van der Waals surface area contributed by atoms with Gasteiger partial charge in [0.15, 0.2) is 0 Å². The summed E-state index contributed by atoms with van der Waals surface area (Å²) in [6.07, 6.45) is 1.84. The largest absolute Gasteiger partial charge is 0.481 e. The summed E-state index contributed by atoms with van der Waals surface area (Å²) < 4.78 is 0. The predicted molar refractivity (Wildman–Crippen MR) is 62.2 cm³/mol. The number of hydrogen-bond donors (Lipinski definition) is 3. The van der Waals surface area contributed by atoms with Crippen LogP contribution in [0.25, 0.3) is 0 Å². The monoisotopic (exact) mass is 230 g/mol. The number of carbonyl (C=O) groups excluding carboxylic acids is 1. The smallest absolute Gasteiger partial charge is 0.304 e. The molecule has 0 aromatic heterocycles. The van der Waals surface area contributed by atoms with E-state index in [2.05, 4.69) is 10.6 Å². The van der Waals surface area contributed by atoms with Crippen LogP contribution < -0.4 is 10.6 Å². The van der Waals surface area contributed by atoms with E-state index in [1.807, 2.05) is 13.8 Å². The highest BCUT2D eigenvalue weighted by molar-refractivity contribution is 5.81. The Bertz CT molecular complexity index is 227. The quantitative estimate of drug-likeness (QED) is 0.575. The lowest BCUT2D eigenvalue weighted by atomic mass is 10.1. The van der Waals surface area contributed by atoms with Gasteiger partial charge in [-0.3, -0.25) is 9.59 Å². The molecule has 1 atom stereocenters. The summed E-state index contributed by atoms with van der Waals surface area (Å²) >= 11 is 0. The molecule has 16 heavy (non-hydrogen) atoms. The molecule has 0 spiro atoms. The molecule has 0 rings (SSSR count). The van der Waals surface area contributed by atoms with Crippen molar-refractivity contribution < 1.29 is 14.7 Å². The zero-order valence-corrected chi connectivity index (χ0v) is 10.2. The van der Waals surface area contributed by atoms with Gasteiger partial charge in [0.25, 0.3) is 0 Å². The van der Waals surface area contributed by atoms with Crippen molar-refractivity contribution in [2.45, 2.75) is 52.1 Å². The molecule has 1 unspecified atom stereocenters. The minimum atomic E-state index is -0.861. The van der Waals surface area contributed by atoms with Crippen LogP contribution in [-0.4, -0.2) is 35.6 Å². The summed E-state index contributed by atoms with van der Waals surface area (Å²) in [4.78, 5) is 21.9. The Balaban J connectivity index is 3.84. The Labute approximate surface area is 96.6 Å². The SMILES string of the molecule is CCC(CC)NC(=O)C(C)NCCC(=O)O. The molecule has 0 saturated carbocycles. The van der Waals surface area contributed by atoms with Crippen LogP contribution in [0.4, 0.5) is 0 Å². The van der Waals surface area contributed by atoms with Gasteiger partial charge < -0.3 is 15.7 Å². The molecular formula is C11H22N2O3. The van der Waals surface area contributed by atoms with Crippen molar-refractivity contribution in [1.82, 2.24) is 10.6 Å². The van der Waals surface area contributed by atoms with Crippen LogP contribution in [-0.2, 0) is 9.59 Å². The summed E-state index contributed by atoms with van der Waals surface area (Å²) in [7, 11) is 0. The number of aliphatic carboxylic acids is 1. The zero-order chi connectivity index (χ0) is 12.6. The molecule has 0 aromatic rings. The molecule has 0 aromatic carbocycles. The molecule has 5 nitrogen and oxygen atoms in total. The van der Waals surface area contributed by atoms with Crippen molar-refractivity contribution in [3.63, 3.8) is 0 Å². The molecule has 0 heterocycles. The van der Waals surface area contributed by atoms with E-state index < -0.39 is 5.97 Å². The van der Waals surface area contributed by atoms with E-state index in [4.69, 9.17) is 5.11 Å². The average molecular weight is 230 g/mol.